The van der Waals surface area contributed by atoms with Crippen molar-refractivity contribution in [3.8, 4) is 0 Å². The zero-order valence-corrected chi connectivity index (χ0v) is 10.2. The van der Waals surface area contributed by atoms with Gasteiger partial charge in [-0.25, -0.2) is 13.6 Å². The van der Waals surface area contributed by atoms with Gasteiger partial charge in [-0.2, -0.15) is 0 Å². The number of benzene rings is 1. The van der Waals surface area contributed by atoms with E-state index in [4.69, 9.17) is 10.5 Å². The molecule has 0 saturated heterocycles. The molecule has 19 heavy (non-hydrogen) atoms. The van der Waals surface area contributed by atoms with E-state index in [0.29, 0.717) is 5.69 Å². The van der Waals surface area contributed by atoms with Crippen molar-refractivity contribution < 1.29 is 18.3 Å². The quantitative estimate of drug-likeness (QED) is 0.867. The van der Waals surface area contributed by atoms with Crippen LogP contribution in [-0.4, -0.2) is 10.5 Å². The molecule has 1 heterocycles. The Balaban J connectivity index is 2.11. The molecular weight excluding hydrogens is 254 g/mol. The van der Waals surface area contributed by atoms with Crippen LogP contribution in [0.25, 0.3) is 0 Å². The highest BCUT2D eigenvalue weighted by molar-refractivity contribution is 5.89. The van der Waals surface area contributed by atoms with Crippen LogP contribution in [0.5, 0.6) is 0 Å². The van der Waals surface area contributed by atoms with Crippen LogP contribution in [0.4, 0.5) is 14.5 Å². The second kappa shape index (κ2) is 5.09. The lowest BCUT2D eigenvalue weighted by Crippen LogP contribution is -2.11. The molecule has 0 aliphatic rings. The summed E-state index contributed by atoms with van der Waals surface area (Å²) in [6.45, 7) is -0.470. The van der Waals surface area contributed by atoms with Crippen molar-refractivity contribution in [1.82, 2.24) is 4.57 Å². The summed E-state index contributed by atoms with van der Waals surface area (Å²) in [7, 11) is 1.62. The molecule has 0 saturated carbocycles. The van der Waals surface area contributed by atoms with E-state index in [1.807, 2.05) is 0 Å². The zero-order valence-electron chi connectivity index (χ0n) is 10.2. The van der Waals surface area contributed by atoms with Gasteiger partial charge < -0.3 is 15.0 Å². The molecule has 0 amide bonds. The lowest BCUT2D eigenvalue weighted by molar-refractivity contribution is 0.0453. The van der Waals surface area contributed by atoms with Gasteiger partial charge in [-0.3, -0.25) is 0 Å². The zero-order chi connectivity index (χ0) is 14.0. The molecule has 4 nitrogen and oxygen atoms in total. The van der Waals surface area contributed by atoms with Crippen LogP contribution in [0.15, 0.2) is 30.5 Å². The summed E-state index contributed by atoms with van der Waals surface area (Å²) in [5.74, 6) is -2.19. The van der Waals surface area contributed by atoms with Crippen molar-refractivity contribution in [3.05, 3.63) is 53.4 Å². The number of carbonyl (C=O) groups is 1. The van der Waals surface area contributed by atoms with Gasteiger partial charge in [0, 0.05) is 13.2 Å². The van der Waals surface area contributed by atoms with Crippen LogP contribution in [0, 0.1) is 11.6 Å². The Kier molecular flexibility index (Phi) is 3.50. The van der Waals surface area contributed by atoms with Crippen molar-refractivity contribution in [2.24, 2.45) is 7.05 Å². The third kappa shape index (κ3) is 2.73. The van der Waals surface area contributed by atoms with E-state index < -0.39 is 24.2 Å². The molecule has 2 aromatic rings. The van der Waals surface area contributed by atoms with Crippen LogP contribution in [-0.2, 0) is 18.4 Å². The average Bonchev–Trinajstić information content (AvgIpc) is 2.67. The molecular formula is C13H12F2N2O2. The number of hydrogen-bond donors (Lipinski definition) is 1. The predicted molar refractivity (Wildman–Crippen MR) is 65.3 cm³/mol. The number of rotatable bonds is 3. The second-order valence-electron chi connectivity index (χ2n) is 4.05. The highest BCUT2D eigenvalue weighted by atomic mass is 19.1. The third-order valence-corrected chi connectivity index (χ3v) is 2.64. The predicted octanol–water partition coefficient (Wildman–Crippen LogP) is 2.24. The highest BCUT2D eigenvalue weighted by Crippen LogP contribution is 2.15. The average molecular weight is 266 g/mol. The molecule has 6 heteroatoms. The topological polar surface area (TPSA) is 57.2 Å². The Morgan fingerprint density at radius 3 is 2.53 bits per heavy atom. The van der Waals surface area contributed by atoms with Crippen LogP contribution >= 0.6 is 0 Å². The molecule has 0 aliphatic carbocycles. The molecule has 100 valence electrons. The molecule has 0 unspecified atom stereocenters. The van der Waals surface area contributed by atoms with Gasteiger partial charge in [0.1, 0.15) is 23.9 Å². The van der Waals surface area contributed by atoms with Crippen molar-refractivity contribution in [3.63, 3.8) is 0 Å². The first-order valence-corrected chi connectivity index (χ1v) is 5.51. The summed E-state index contributed by atoms with van der Waals surface area (Å²) < 4.78 is 33.0. The number of hydrogen-bond acceptors (Lipinski definition) is 3. The van der Waals surface area contributed by atoms with Crippen LogP contribution < -0.4 is 5.73 Å². The summed E-state index contributed by atoms with van der Waals surface area (Å²) in [4.78, 5) is 11.7. The van der Waals surface area contributed by atoms with Gasteiger partial charge in [-0.1, -0.05) is 6.07 Å². The van der Waals surface area contributed by atoms with Crippen molar-refractivity contribution in [1.29, 1.82) is 0 Å². The van der Waals surface area contributed by atoms with Gasteiger partial charge in [-0.05, 0) is 18.2 Å². The van der Waals surface area contributed by atoms with Gasteiger partial charge in [0.15, 0.2) is 0 Å². The first kappa shape index (κ1) is 13.1. The first-order valence-electron chi connectivity index (χ1n) is 5.51. The standard InChI is InChI=1S/C13H12F2N2O2/c1-17-6-8(16)5-12(17)13(18)19-7-9-10(14)3-2-4-11(9)15/h2-6H,7,16H2,1H3. The Labute approximate surface area is 108 Å². The molecule has 1 aromatic carbocycles. The minimum absolute atomic E-state index is 0.217. The lowest BCUT2D eigenvalue weighted by Gasteiger charge is -2.07. The number of halogens is 2. The van der Waals surface area contributed by atoms with E-state index in [2.05, 4.69) is 0 Å². The lowest BCUT2D eigenvalue weighted by atomic mass is 10.2. The molecule has 2 N–H and O–H groups in total. The Morgan fingerprint density at radius 2 is 2.00 bits per heavy atom. The molecule has 0 radical (unpaired) electrons. The number of anilines is 1. The SMILES string of the molecule is Cn1cc(N)cc1C(=O)OCc1c(F)cccc1F. The van der Waals surface area contributed by atoms with E-state index >= 15 is 0 Å². The maximum absolute atomic E-state index is 13.3. The smallest absolute Gasteiger partial charge is 0.355 e. The summed E-state index contributed by atoms with van der Waals surface area (Å²) in [6, 6.07) is 4.88. The van der Waals surface area contributed by atoms with E-state index in [1.165, 1.54) is 16.7 Å². The van der Waals surface area contributed by atoms with E-state index in [1.54, 1.807) is 13.2 Å². The number of nitrogens with zero attached hydrogens (tertiary/aromatic N) is 1. The number of esters is 1. The Morgan fingerprint density at radius 1 is 1.37 bits per heavy atom. The summed E-state index contributed by atoms with van der Waals surface area (Å²) in [5.41, 5.74) is 5.87. The number of nitrogen functional groups attached to an aromatic ring is 1. The molecule has 0 fully saturated rings. The summed E-state index contributed by atoms with van der Waals surface area (Å²) >= 11 is 0. The number of aromatic nitrogens is 1. The maximum atomic E-state index is 13.3. The summed E-state index contributed by atoms with van der Waals surface area (Å²) in [5, 5.41) is 0. The second-order valence-corrected chi connectivity index (χ2v) is 4.05. The minimum Gasteiger partial charge on any atom is -0.456 e. The molecule has 0 aliphatic heterocycles. The number of nitrogens with two attached hydrogens (primary N) is 1. The maximum Gasteiger partial charge on any atom is 0.355 e. The van der Waals surface area contributed by atoms with E-state index in [0.717, 1.165) is 12.1 Å². The van der Waals surface area contributed by atoms with Gasteiger partial charge >= 0.3 is 5.97 Å². The molecule has 1 aromatic heterocycles. The fourth-order valence-electron chi connectivity index (χ4n) is 1.67. The van der Waals surface area contributed by atoms with Crippen molar-refractivity contribution >= 4 is 11.7 Å². The molecule has 0 atom stereocenters. The van der Waals surface area contributed by atoms with Gasteiger partial charge in [0.25, 0.3) is 0 Å². The number of ether oxygens (including phenoxy) is 1. The number of carbonyl (C=O) groups excluding carboxylic acids is 1. The van der Waals surface area contributed by atoms with Crippen LogP contribution in [0.1, 0.15) is 16.1 Å². The first-order chi connectivity index (χ1) is 8.99. The Hall–Kier alpha value is -2.37. The van der Waals surface area contributed by atoms with Gasteiger partial charge in [-0.15, -0.1) is 0 Å². The molecule has 0 bridgehead atoms. The fraction of sp³-hybridized carbons (Fsp3) is 0.154. The molecule has 2 rings (SSSR count). The molecule has 0 spiro atoms. The fourth-order valence-corrected chi connectivity index (χ4v) is 1.67. The van der Waals surface area contributed by atoms with Crippen molar-refractivity contribution in [2.45, 2.75) is 6.61 Å². The van der Waals surface area contributed by atoms with E-state index in [-0.39, 0.29) is 11.3 Å². The van der Waals surface area contributed by atoms with Crippen LogP contribution in [0.3, 0.4) is 0 Å². The number of aryl methyl sites for hydroxylation is 1. The van der Waals surface area contributed by atoms with Gasteiger partial charge in [0.2, 0.25) is 0 Å². The third-order valence-electron chi connectivity index (χ3n) is 2.64. The minimum atomic E-state index is -0.751. The van der Waals surface area contributed by atoms with Crippen LogP contribution in [0.2, 0.25) is 0 Å². The van der Waals surface area contributed by atoms with E-state index in [9.17, 15) is 13.6 Å². The monoisotopic (exact) mass is 266 g/mol. The van der Waals surface area contributed by atoms with Crippen molar-refractivity contribution in [2.75, 3.05) is 5.73 Å². The van der Waals surface area contributed by atoms with Gasteiger partial charge in [0.05, 0.1) is 11.3 Å². The largest absolute Gasteiger partial charge is 0.456 e. The highest BCUT2D eigenvalue weighted by Gasteiger charge is 2.15. The Bertz CT molecular complexity index is 603. The normalized spacial score (nSPS) is 10.5. The summed E-state index contributed by atoms with van der Waals surface area (Å²) in [6.07, 6.45) is 1.54.